The van der Waals surface area contributed by atoms with E-state index in [1.807, 2.05) is 17.0 Å². The van der Waals surface area contributed by atoms with Crippen LogP contribution in [0.2, 0.25) is 0 Å². The Morgan fingerprint density at radius 3 is 3.12 bits per heavy atom. The normalized spacial score (nSPS) is 20.4. The molecule has 1 aliphatic rings. The van der Waals surface area contributed by atoms with Crippen molar-refractivity contribution < 1.29 is 4.79 Å². The minimum Gasteiger partial charge on any atom is -0.343 e. The van der Waals surface area contributed by atoms with Crippen LogP contribution in [0, 0.1) is 5.92 Å². The summed E-state index contributed by atoms with van der Waals surface area (Å²) in [4.78, 5) is 17.8. The molecule has 0 spiro atoms. The van der Waals surface area contributed by atoms with Gasteiger partial charge in [-0.05, 0) is 53.2 Å². The van der Waals surface area contributed by atoms with E-state index in [2.05, 4.69) is 27.0 Å². The van der Waals surface area contributed by atoms with Gasteiger partial charge in [0.25, 0.3) is 0 Å². The van der Waals surface area contributed by atoms with Crippen molar-refractivity contribution in [3.05, 3.63) is 28.5 Å². The topological polar surface area (TPSA) is 33.2 Å². The quantitative estimate of drug-likeness (QED) is 0.786. The summed E-state index contributed by atoms with van der Waals surface area (Å²) in [7, 11) is 0. The van der Waals surface area contributed by atoms with Crippen molar-refractivity contribution in [2.45, 2.75) is 26.2 Å². The Morgan fingerprint density at radius 1 is 1.59 bits per heavy atom. The average Bonchev–Trinajstić information content (AvgIpc) is 2.29. The summed E-state index contributed by atoms with van der Waals surface area (Å²) in [5.41, 5.74) is 1.11. The Hall–Kier alpha value is -0.900. The molecule has 3 nitrogen and oxygen atoms in total. The molecular weight excluding hydrogens is 280 g/mol. The van der Waals surface area contributed by atoms with Crippen molar-refractivity contribution in [3.63, 3.8) is 0 Å². The molecule has 0 unspecified atom stereocenters. The zero-order valence-corrected chi connectivity index (χ0v) is 11.6. The Labute approximate surface area is 110 Å². The molecule has 1 aliphatic heterocycles. The van der Waals surface area contributed by atoms with Crippen molar-refractivity contribution in [1.82, 2.24) is 9.88 Å². The van der Waals surface area contributed by atoms with Gasteiger partial charge in [-0.25, -0.2) is 4.98 Å². The molecule has 92 valence electrons. The van der Waals surface area contributed by atoms with Gasteiger partial charge in [-0.1, -0.05) is 6.07 Å². The molecule has 1 amide bonds. The van der Waals surface area contributed by atoms with Gasteiger partial charge in [0, 0.05) is 25.7 Å². The summed E-state index contributed by atoms with van der Waals surface area (Å²) >= 11 is 3.39. The smallest absolute Gasteiger partial charge is 0.219 e. The van der Waals surface area contributed by atoms with Gasteiger partial charge in [0.1, 0.15) is 4.60 Å². The lowest BCUT2D eigenvalue weighted by Crippen LogP contribution is -2.39. The summed E-state index contributed by atoms with van der Waals surface area (Å²) in [6, 6.07) is 6.00. The van der Waals surface area contributed by atoms with Gasteiger partial charge in [-0.15, -0.1) is 0 Å². The fourth-order valence-electron chi connectivity index (χ4n) is 2.38. The van der Waals surface area contributed by atoms with Crippen LogP contribution in [-0.2, 0) is 11.2 Å². The molecule has 2 rings (SSSR count). The number of likely N-dealkylation sites (tertiary alicyclic amines) is 1. The first-order chi connectivity index (χ1) is 8.15. The maximum absolute atomic E-state index is 11.4. The van der Waals surface area contributed by atoms with E-state index in [0.717, 1.165) is 36.2 Å². The Bertz CT molecular complexity index is 408. The van der Waals surface area contributed by atoms with Crippen molar-refractivity contribution in [3.8, 4) is 0 Å². The molecule has 1 fully saturated rings. The molecule has 1 saturated heterocycles. The van der Waals surface area contributed by atoms with Crippen LogP contribution in [0.1, 0.15) is 25.5 Å². The van der Waals surface area contributed by atoms with E-state index in [9.17, 15) is 4.79 Å². The molecule has 1 aromatic heterocycles. The predicted octanol–water partition coefficient (Wildman–Crippen LogP) is 2.65. The van der Waals surface area contributed by atoms with Crippen molar-refractivity contribution in [2.24, 2.45) is 5.92 Å². The number of hydrogen-bond acceptors (Lipinski definition) is 2. The first-order valence-corrected chi connectivity index (χ1v) is 6.81. The number of hydrogen-bond donors (Lipinski definition) is 0. The van der Waals surface area contributed by atoms with Crippen molar-refractivity contribution in [1.29, 1.82) is 0 Å². The minimum absolute atomic E-state index is 0.192. The lowest BCUT2D eigenvalue weighted by atomic mass is 9.93. The zero-order valence-electron chi connectivity index (χ0n) is 10.0. The number of pyridine rings is 1. The van der Waals surface area contributed by atoms with E-state index in [4.69, 9.17) is 0 Å². The van der Waals surface area contributed by atoms with Gasteiger partial charge in [0.05, 0.1) is 0 Å². The largest absolute Gasteiger partial charge is 0.343 e. The number of carbonyl (C=O) groups excluding carboxylic acids is 1. The molecule has 0 radical (unpaired) electrons. The Balaban J connectivity index is 1.97. The van der Waals surface area contributed by atoms with Gasteiger partial charge < -0.3 is 4.90 Å². The second-order valence-electron chi connectivity index (χ2n) is 4.63. The van der Waals surface area contributed by atoms with Gasteiger partial charge in [-0.2, -0.15) is 0 Å². The van der Waals surface area contributed by atoms with Crippen LogP contribution in [0.15, 0.2) is 22.8 Å². The highest BCUT2D eigenvalue weighted by atomic mass is 79.9. The molecule has 1 aromatic rings. The molecule has 0 N–H and O–H groups in total. The molecule has 1 atom stereocenters. The first kappa shape index (κ1) is 12.6. The molecule has 0 aromatic carbocycles. The number of amides is 1. The van der Waals surface area contributed by atoms with Crippen LogP contribution in [0.3, 0.4) is 0 Å². The molecule has 4 heteroatoms. The summed E-state index contributed by atoms with van der Waals surface area (Å²) in [6.45, 7) is 3.45. The van der Waals surface area contributed by atoms with Crippen molar-refractivity contribution in [2.75, 3.05) is 13.1 Å². The monoisotopic (exact) mass is 296 g/mol. The highest BCUT2D eigenvalue weighted by Crippen LogP contribution is 2.20. The van der Waals surface area contributed by atoms with Gasteiger partial charge in [0.2, 0.25) is 5.91 Å². The molecule has 17 heavy (non-hydrogen) atoms. The third kappa shape index (κ3) is 3.53. The number of piperidine rings is 1. The lowest BCUT2D eigenvalue weighted by Gasteiger charge is -2.31. The number of halogens is 1. The third-order valence-electron chi connectivity index (χ3n) is 3.23. The summed E-state index contributed by atoms with van der Waals surface area (Å²) in [6.07, 6.45) is 3.26. The fraction of sp³-hybridized carbons (Fsp3) is 0.538. The average molecular weight is 297 g/mol. The second-order valence-corrected chi connectivity index (χ2v) is 5.44. The lowest BCUT2D eigenvalue weighted by molar-refractivity contribution is -0.130. The standard InChI is InChI=1S/C13H17BrN2O/c1-10(17)16-7-3-4-11(9-16)8-12-5-2-6-13(14)15-12/h2,5-6,11H,3-4,7-9H2,1H3/t11-/m1/s1. The van der Waals surface area contributed by atoms with Crippen LogP contribution >= 0.6 is 15.9 Å². The van der Waals surface area contributed by atoms with Gasteiger partial charge >= 0.3 is 0 Å². The fourth-order valence-corrected chi connectivity index (χ4v) is 2.76. The number of rotatable bonds is 2. The Morgan fingerprint density at radius 2 is 2.41 bits per heavy atom. The summed E-state index contributed by atoms with van der Waals surface area (Å²) < 4.78 is 0.884. The minimum atomic E-state index is 0.192. The van der Waals surface area contributed by atoms with Gasteiger partial charge in [-0.3, -0.25) is 4.79 Å². The SMILES string of the molecule is CC(=O)N1CCC[C@H](Cc2cccc(Br)n2)C1. The van der Waals surface area contributed by atoms with E-state index in [1.54, 1.807) is 6.92 Å². The number of aromatic nitrogens is 1. The molecule has 0 saturated carbocycles. The third-order valence-corrected chi connectivity index (χ3v) is 3.68. The highest BCUT2D eigenvalue weighted by molar-refractivity contribution is 9.10. The van der Waals surface area contributed by atoms with Crippen LogP contribution in [-0.4, -0.2) is 28.9 Å². The van der Waals surface area contributed by atoms with Crippen molar-refractivity contribution >= 4 is 21.8 Å². The maximum atomic E-state index is 11.4. The van der Waals surface area contributed by atoms with E-state index < -0.39 is 0 Å². The first-order valence-electron chi connectivity index (χ1n) is 6.02. The summed E-state index contributed by atoms with van der Waals surface area (Å²) in [5, 5.41) is 0. The molecule has 0 aliphatic carbocycles. The van der Waals surface area contributed by atoms with E-state index in [0.29, 0.717) is 5.92 Å². The second kappa shape index (κ2) is 5.63. The highest BCUT2D eigenvalue weighted by Gasteiger charge is 2.21. The molecule has 2 heterocycles. The van der Waals surface area contributed by atoms with Crippen LogP contribution in [0.25, 0.3) is 0 Å². The zero-order chi connectivity index (χ0) is 12.3. The maximum Gasteiger partial charge on any atom is 0.219 e. The van der Waals surface area contributed by atoms with E-state index in [1.165, 1.54) is 6.42 Å². The number of carbonyl (C=O) groups is 1. The predicted molar refractivity (Wildman–Crippen MR) is 70.6 cm³/mol. The van der Waals surface area contributed by atoms with E-state index >= 15 is 0 Å². The molecule has 0 bridgehead atoms. The van der Waals surface area contributed by atoms with Crippen LogP contribution in [0.4, 0.5) is 0 Å². The van der Waals surface area contributed by atoms with E-state index in [-0.39, 0.29) is 5.91 Å². The molecular formula is C13H17BrN2O. The van der Waals surface area contributed by atoms with Gasteiger partial charge in [0.15, 0.2) is 0 Å². The number of nitrogens with zero attached hydrogens (tertiary/aromatic N) is 2. The Kier molecular flexibility index (Phi) is 4.15. The van der Waals surface area contributed by atoms with Crippen LogP contribution in [0.5, 0.6) is 0 Å². The van der Waals surface area contributed by atoms with Crippen LogP contribution < -0.4 is 0 Å². The summed E-state index contributed by atoms with van der Waals surface area (Å²) in [5.74, 6) is 0.742.